The SMILES string of the molecule is Cc1ccc(F)c(OCC(=O)NC(C)C(=O)O)c1. The van der Waals surface area contributed by atoms with E-state index in [1.807, 2.05) is 0 Å². The number of rotatable bonds is 5. The van der Waals surface area contributed by atoms with Crippen LogP contribution in [0.3, 0.4) is 0 Å². The highest BCUT2D eigenvalue weighted by atomic mass is 19.1. The van der Waals surface area contributed by atoms with Gasteiger partial charge in [0.25, 0.3) is 5.91 Å². The Labute approximate surface area is 104 Å². The Balaban J connectivity index is 2.52. The van der Waals surface area contributed by atoms with Crippen molar-refractivity contribution in [3.05, 3.63) is 29.6 Å². The average Bonchev–Trinajstić information content (AvgIpc) is 2.30. The van der Waals surface area contributed by atoms with Gasteiger partial charge < -0.3 is 15.2 Å². The van der Waals surface area contributed by atoms with Crippen molar-refractivity contribution in [1.29, 1.82) is 0 Å². The van der Waals surface area contributed by atoms with Crippen LogP contribution in [0.5, 0.6) is 5.75 Å². The number of aryl methyl sites for hydroxylation is 1. The number of carbonyl (C=O) groups excluding carboxylic acids is 1. The van der Waals surface area contributed by atoms with Crippen molar-refractivity contribution in [2.45, 2.75) is 19.9 Å². The Morgan fingerprint density at radius 1 is 1.50 bits per heavy atom. The number of ether oxygens (including phenoxy) is 1. The van der Waals surface area contributed by atoms with Crippen LogP contribution in [0.25, 0.3) is 0 Å². The van der Waals surface area contributed by atoms with Gasteiger partial charge in [-0.2, -0.15) is 0 Å². The molecule has 5 nitrogen and oxygen atoms in total. The number of carboxylic acids is 1. The number of carbonyl (C=O) groups is 2. The number of aliphatic carboxylic acids is 1. The van der Waals surface area contributed by atoms with Gasteiger partial charge in [-0.25, -0.2) is 4.39 Å². The Kier molecular flexibility index (Phi) is 4.65. The van der Waals surface area contributed by atoms with Gasteiger partial charge in [-0.05, 0) is 31.5 Å². The zero-order valence-corrected chi connectivity index (χ0v) is 10.1. The van der Waals surface area contributed by atoms with Gasteiger partial charge in [0, 0.05) is 0 Å². The summed E-state index contributed by atoms with van der Waals surface area (Å²) in [6.45, 7) is 2.66. The fourth-order valence-electron chi connectivity index (χ4n) is 1.21. The van der Waals surface area contributed by atoms with Crippen molar-refractivity contribution in [3.63, 3.8) is 0 Å². The third kappa shape index (κ3) is 4.04. The lowest BCUT2D eigenvalue weighted by atomic mass is 10.2. The van der Waals surface area contributed by atoms with Gasteiger partial charge in [-0.1, -0.05) is 6.07 Å². The van der Waals surface area contributed by atoms with Crippen LogP contribution in [0.15, 0.2) is 18.2 Å². The highest BCUT2D eigenvalue weighted by Crippen LogP contribution is 2.17. The minimum atomic E-state index is -1.15. The van der Waals surface area contributed by atoms with Crippen molar-refractivity contribution < 1.29 is 23.8 Å². The minimum absolute atomic E-state index is 0.0341. The van der Waals surface area contributed by atoms with Crippen LogP contribution in [0.1, 0.15) is 12.5 Å². The molecule has 0 aliphatic heterocycles. The van der Waals surface area contributed by atoms with Gasteiger partial charge >= 0.3 is 5.97 Å². The average molecular weight is 255 g/mol. The van der Waals surface area contributed by atoms with Crippen molar-refractivity contribution in [2.75, 3.05) is 6.61 Å². The zero-order chi connectivity index (χ0) is 13.7. The Hall–Kier alpha value is -2.11. The summed E-state index contributed by atoms with van der Waals surface area (Å²) in [5.74, 6) is -2.37. The Morgan fingerprint density at radius 3 is 2.78 bits per heavy atom. The first kappa shape index (κ1) is 14.0. The van der Waals surface area contributed by atoms with Crippen LogP contribution >= 0.6 is 0 Å². The van der Waals surface area contributed by atoms with Crippen molar-refractivity contribution in [3.8, 4) is 5.75 Å². The minimum Gasteiger partial charge on any atom is -0.481 e. The summed E-state index contributed by atoms with van der Waals surface area (Å²) < 4.78 is 18.2. The summed E-state index contributed by atoms with van der Waals surface area (Å²) in [4.78, 5) is 21.8. The molecule has 1 atom stereocenters. The van der Waals surface area contributed by atoms with Crippen LogP contribution in [0.4, 0.5) is 4.39 Å². The van der Waals surface area contributed by atoms with E-state index in [9.17, 15) is 14.0 Å². The lowest BCUT2D eigenvalue weighted by molar-refractivity contribution is -0.141. The standard InChI is InChI=1S/C12H14FNO4/c1-7-3-4-9(13)10(5-7)18-6-11(15)14-8(2)12(16)17/h3-5,8H,6H2,1-2H3,(H,14,15)(H,16,17). The van der Waals surface area contributed by atoms with Gasteiger partial charge in [0.2, 0.25) is 0 Å². The number of hydrogen-bond acceptors (Lipinski definition) is 3. The fourth-order valence-corrected chi connectivity index (χ4v) is 1.21. The second-order valence-corrected chi connectivity index (χ2v) is 3.85. The lowest BCUT2D eigenvalue weighted by Gasteiger charge is -2.11. The maximum atomic E-state index is 13.3. The molecule has 0 aliphatic rings. The molecular weight excluding hydrogens is 241 g/mol. The molecule has 1 amide bonds. The van der Waals surface area contributed by atoms with E-state index in [0.717, 1.165) is 5.56 Å². The third-order valence-electron chi connectivity index (χ3n) is 2.19. The monoisotopic (exact) mass is 255 g/mol. The van der Waals surface area contributed by atoms with E-state index >= 15 is 0 Å². The normalized spacial score (nSPS) is 11.7. The first-order chi connectivity index (χ1) is 8.40. The van der Waals surface area contributed by atoms with Crippen molar-refractivity contribution in [1.82, 2.24) is 5.32 Å². The third-order valence-corrected chi connectivity index (χ3v) is 2.19. The summed E-state index contributed by atoms with van der Waals surface area (Å²) in [5, 5.41) is 10.8. The van der Waals surface area contributed by atoms with Crippen molar-refractivity contribution in [2.24, 2.45) is 0 Å². The predicted molar refractivity (Wildman–Crippen MR) is 61.9 cm³/mol. The molecule has 6 heteroatoms. The molecule has 0 heterocycles. The maximum Gasteiger partial charge on any atom is 0.325 e. The predicted octanol–water partition coefficient (Wildman–Crippen LogP) is 1.10. The first-order valence-electron chi connectivity index (χ1n) is 5.31. The van der Waals surface area contributed by atoms with Gasteiger partial charge in [0.1, 0.15) is 6.04 Å². The number of amides is 1. The number of halogens is 1. The van der Waals surface area contributed by atoms with Gasteiger partial charge in [0.15, 0.2) is 18.2 Å². The molecule has 18 heavy (non-hydrogen) atoms. The van der Waals surface area contributed by atoms with Gasteiger partial charge in [-0.15, -0.1) is 0 Å². The molecule has 1 rings (SSSR count). The summed E-state index contributed by atoms with van der Waals surface area (Å²) in [6, 6.07) is 3.27. The summed E-state index contributed by atoms with van der Waals surface area (Å²) in [6.07, 6.45) is 0. The second-order valence-electron chi connectivity index (χ2n) is 3.85. The molecule has 0 aliphatic carbocycles. The number of hydrogen-bond donors (Lipinski definition) is 2. The summed E-state index contributed by atoms with van der Waals surface area (Å²) in [7, 11) is 0. The molecule has 0 spiro atoms. The van der Waals surface area contributed by atoms with Crippen LogP contribution < -0.4 is 10.1 Å². The quantitative estimate of drug-likeness (QED) is 0.826. The van der Waals surface area contributed by atoms with Crippen LogP contribution in [-0.2, 0) is 9.59 Å². The summed E-state index contributed by atoms with van der Waals surface area (Å²) in [5.41, 5.74) is 0.797. The molecule has 98 valence electrons. The second kappa shape index (κ2) is 6.00. The van der Waals surface area contributed by atoms with E-state index in [-0.39, 0.29) is 5.75 Å². The van der Waals surface area contributed by atoms with Gasteiger partial charge in [0.05, 0.1) is 0 Å². The molecule has 0 radical (unpaired) electrons. The van der Waals surface area contributed by atoms with Gasteiger partial charge in [-0.3, -0.25) is 9.59 Å². The molecule has 0 saturated heterocycles. The first-order valence-corrected chi connectivity index (χ1v) is 5.31. The molecule has 1 unspecified atom stereocenters. The van der Waals surface area contributed by atoms with Crippen LogP contribution in [0, 0.1) is 12.7 Å². The zero-order valence-electron chi connectivity index (χ0n) is 10.1. The highest BCUT2D eigenvalue weighted by molar-refractivity contribution is 5.84. The highest BCUT2D eigenvalue weighted by Gasteiger charge is 2.14. The smallest absolute Gasteiger partial charge is 0.325 e. The molecule has 1 aromatic carbocycles. The van der Waals surface area contributed by atoms with E-state index in [1.165, 1.54) is 19.1 Å². The topological polar surface area (TPSA) is 75.6 Å². The number of carboxylic acid groups (broad SMARTS) is 1. The largest absolute Gasteiger partial charge is 0.481 e. The van der Waals surface area contributed by atoms with E-state index in [2.05, 4.69) is 5.32 Å². The molecule has 1 aromatic rings. The van der Waals surface area contributed by atoms with E-state index in [1.54, 1.807) is 13.0 Å². The molecular formula is C12H14FNO4. The lowest BCUT2D eigenvalue weighted by Crippen LogP contribution is -2.40. The van der Waals surface area contributed by atoms with E-state index in [4.69, 9.17) is 9.84 Å². The molecule has 0 saturated carbocycles. The van der Waals surface area contributed by atoms with Crippen LogP contribution in [-0.4, -0.2) is 29.6 Å². The number of benzene rings is 1. The molecule has 0 fully saturated rings. The molecule has 0 bridgehead atoms. The molecule has 2 N–H and O–H groups in total. The van der Waals surface area contributed by atoms with Crippen LogP contribution in [0.2, 0.25) is 0 Å². The fraction of sp³-hybridized carbons (Fsp3) is 0.333. The van der Waals surface area contributed by atoms with E-state index in [0.29, 0.717) is 0 Å². The van der Waals surface area contributed by atoms with Crippen molar-refractivity contribution >= 4 is 11.9 Å². The number of nitrogens with one attached hydrogen (secondary N) is 1. The maximum absolute atomic E-state index is 13.3. The molecule has 0 aromatic heterocycles. The van der Waals surface area contributed by atoms with E-state index < -0.39 is 30.3 Å². The Bertz CT molecular complexity index is 461. The summed E-state index contributed by atoms with van der Waals surface area (Å²) >= 11 is 0. The Morgan fingerprint density at radius 2 is 2.17 bits per heavy atom.